The number of halogens is 1. The normalized spacial score (nSPS) is 24.7. The van der Waals surface area contributed by atoms with E-state index in [1.165, 1.54) is 6.07 Å². The molecule has 3 nitrogen and oxygen atoms in total. The van der Waals surface area contributed by atoms with E-state index in [2.05, 4.69) is 19.2 Å². The van der Waals surface area contributed by atoms with Gasteiger partial charge in [-0.1, -0.05) is 13.8 Å². The van der Waals surface area contributed by atoms with Crippen molar-refractivity contribution >= 4 is 5.69 Å². The minimum atomic E-state index is -0.253. The van der Waals surface area contributed by atoms with E-state index in [4.69, 9.17) is 9.47 Å². The maximum Gasteiger partial charge on any atom is 0.146 e. The lowest BCUT2D eigenvalue weighted by Gasteiger charge is -2.52. The van der Waals surface area contributed by atoms with Crippen molar-refractivity contribution in [2.24, 2.45) is 5.41 Å². The van der Waals surface area contributed by atoms with Gasteiger partial charge in [0.2, 0.25) is 0 Å². The van der Waals surface area contributed by atoms with Crippen LogP contribution >= 0.6 is 0 Å². The summed E-state index contributed by atoms with van der Waals surface area (Å²) in [6, 6.07) is 4.95. The summed E-state index contributed by atoms with van der Waals surface area (Å²) in [5, 5.41) is 3.27. The molecule has 0 heterocycles. The van der Waals surface area contributed by atoms with Gasteiger partial charge in [0.05, 0.1) is 18.9 Å². The second-order valence-electron chi connectivity index (χ2n) is 5.54. The molecule has 1 aliphatic rings. The van der Waals surface area contributed by atoms with Crippen LogP contribution in [0.4, 0.5) is 10.1 Å². The molecule has 1 aromatic rings. The number of hydrogen-bond acceptors (Lipinski definition) is 3. The van der Waals surface area contributed by atoms with Gasteiger partial charge >= 0.3 is 0 Å². The highest BCUT2D eigenvalue weighted by molar-refractivity contribution is 5.51. The second-order valence-corrected chi connectivity index (χ2v) is 5.54. The largest absolute Gasteiger partial charge is 0.497 e. The quantitative estimate of drug-likeness (QED) is 0.886. The molecule has 0 bridgehead atoms. The van der Waals surface area contributed by atoms with Crippen LogP contribution in [0.2, 0.25) is 0 Å². The van der Waals surface area contributed by atoms with Crippen molar-refractivity contribution < 1.29 is 13.9 Å². The molecule has 19 heavy (non-hydrogen) atoms. The topological polar surface area (TPSA) is 30.5 Å². The Balaban J connectivity index is 2.07. The zero-order valence-electron chi connectivity index (χ0n) is 12.0. The van der Waals surface area contributed by atoms with E-state index in [-0.39, 0.29) is 23.4 Å². The van der Waals surface area contributed by atoms with E-state index in [1.807, 2.05) is 6.92 Å². The summed E-state index contributed by atoms with van der Waals surface area (Å²) in [5.41, 5.74) is 0.498. The van der Waals surface area contributed by atoms with Crippen molar-refractivity contribution in [3.05, 3.63) is 24.0 Å². The van der Waals surface area contributed by atoms with Gasteiger partial charge in [-0.05, 0) is 25.5 Å². The minimum absolute atomic E-state index is 0.00548. The molecule has 2 atom stereocenters. The van der Waals surface area contributed by atoms with Gasteiger partial charge in [0.1, 0.15) is 11.6 Å². The van der Waals surface area contributed by atoms with Crippen molar-refractivity contribution in [3.63, 3.8) is 0 Å². The average Bonchev–Trinajstić information content (AvgIpc) is 2.39. The van der Waals surface area contributed by atoms with Crippen LogP contribution in [0, 0.1) is 11.2 Å². The molecule has 0 saturated heterocycles. The average molecular weight is 267 g/mol. The van der Waals surface area contributed by atoms with E-state index < -0.39 is 0 Å². The fourth-order valence-corrected chi connectivity index (χ4v) is 2.54. The summed E-state index contributed by atoms with van der Waals surface area (Å²) >= 11 is 0. The van der Waals surface area contributed by atoms with Crippen LogP contribution in [0.15, 0.2) is 18.2 Å². The predicted octanol–water partition coefficient (Wildman–Crippen LogP) is 3.45. The first-order chi connectivity index (χ1) is 8.98. The second kappa shape index (κ2) is 5.37. The number of rotatable bonds is 5. The van der Waals surface area contributed by atoms with E-state index >= 15 is 0 Å². The fourth-order valence-electron chi connectivity index (χ4n) is 2.54. The number of benzene rings is 1. The van der Waals surface area contributed by atoms with Gasteiger partial charge in [0, 0.05) is 24.1 Å². The molecule has 0 radical (unpaired) electrons. The zero-order chi connectivity index (χ0) is 14.0. The minimum Gasteiger partial charge on any atom is -0.497 e. The molecule has 1 fully saturated rings. The smallest absolute Gasteiger partial charge is 0.146 e. The van der Waals surface area contributed by atoms with Crippen molar-refractivity contribution in [2.45, 2.75) is 39.3 Å². The first kappa shape index (κ1) is 14.1. The lowest BCUT2D eigenvalue weighted by molar-refractivity contribution is -0.0976. The highest BCUT2D eigenvalue weighted by atomic mass is 19.1. The molecule has 0 amide bonds. The lowest BCUT2D eigenvalue weighted by Crippen LogP contribution is -2.58. The highest BCUT2D eigenvalue weighted by Gasteiger charge is 2.49. The Kier molecular flexibility index (Phi) is 3.99. The molecule has 0 aliphatic heterocycles. The molecule has 4 heteroatoms. The number of methoxy groups -OCH3 is 1. The Bertz CT molecular complexity index is 448. The summed E-state index contributed by atoms with van der Waals surface area (Å²) in [4.78, 5) is 0. The molecule has 0 spiro atoms. The fraction of sp³-hybridized carbons (Fsp3) is 0.600. The van der Waals surface area contributed by atoms with Gasteiger partial charge < -0.3 is 14.8 Å². The SMILES string of the molecule is CCOC1CC(Nc2cc(OC)ccc2F)C1(C)C. The van der Waals surface area contributed by atoms with Crippen molar-refractivity contribution in [1.29, 1.82) is 0 Å². The third-order valence-corrected chi connectivity index (χ3v) is 4.05. The molecule has 2 rings (SSSR count). The first-order valence-electron chi connectivity index (χ1n) is 6.70. The molecule has 1 saturated carbocycles. The van der Waals surface area contributed by atoms with Gasteiger partial charge in [0.25, 0.3) is 0 Å². The Hall–Kier alpha value is -1.29. The summed E-state index contributed by atoms with van der Waals surface area (Å²) < 4.78 is 24.6. The van der Waals surface area contributed by atoms with Crippen LogP contribution in [0.25, 0.3) is 0 Å². The van der Waals surface area contributed by atoms with Crippen LogP contribution in [0.1, 0.15) is 27.2 Å². The first-order valence-corrected chi connectivity index (χ1v) is 6.70. The number of nitrogens with one attached hydrogen (secondary N) is 1. The van der Waals surface area contributed by atoms with Gasteiger partial charge in [-0.2, -0.15) is 0 Å². The highest BCUT2D eigenvalue weighted by Crippen LogP contribution is 2.44. The van der Waals surface area contributed by atoms with Crippen molar-refractivity contribution in [1.82, 2.24) is 0 Å². The molecule has 2 unspecified atom stereocenters. The van der Waals surface area contributed by atoms with Crippen molar-refractivity contribution in [3.8, 4) is 5.75 Å². The Morgan fingerprint density at radius 3 is 2.74 bits per heavy atom. The van der Waals surface area contributed by atoms with Crippen LogP contribution in [-0.2, 0) is 4.74 Å². The maximum absolute atomic E-state index is 13.8. The van der Waals surface area contributed by atoms with Crippen LogP contribution in [0.5, 0.6) is 5.75 Å². The van der Waals surface area contributed by atoms with Crippen LogP contribution in [0.3, 0.4) is 0 Å². The molecule has 1 N–H and O–H groups in total. The summed E-state index contributed by atoms with van der Waals surface area (Å²) in [6.45, 7) is 7.01. The van der Waals surface area contributed by atoms with E-state index in [0.29, 0.717) is 18.0 Å². The third kappa shape index (κ3) is 2.68. The summed E-state index contributed by atoms with van der Waals surface area (Å²) in [6.07, 6.45) is 1.14. The Morgan fingerprint density at radius 1 is 1.42 bits per heavy atom. The van der Waals surface area contributed by atoms with E-state index in [1.54, 1.807) is 19.2 Å². The van der Waals surface area contributed by atoms with E-state index in [0.717, 1.165) is 6.42 Å². The van der Waals surface area contributed by atoms with Crippen LogP contribution < -0.4 is 10.1 Å². The predicted molar refractivity (Wildman–Crippen MR) is 74.2 cm³/mol. The standard InChI is InChI=1S/C15H22FNO2/c1-5-19-14-9-13(15(14,2)3)17-12-8-10(18-4)6-7-11(12)16/h6-8,13-14,17H,5,9H2,1-4H3. The van der Waals surface area contributed by atoms with Crippen molar-refractivity contribution in [2.75, 3.05) is 19.0 Å². The van der Waals surface area contributed by atoms with Gasteiger partial charge in [-0.25, -0.2) is 4.39 Å². The van der Waals surface area contributed by atoms with Gasteiger partial charge in [-0.15, -0.1) is 0 Å². The number of anilines is 1. The van der Waals surface area contributed by atoms with Gasteiger partial charge in [0.15, 0.2) is 0 Å². The van der Waals surface area contributed by atoms with Crippen LogP contribution in [-0.4, -0.2) is 25.9 Å². The number of hydrogen-bond donors (Lipinski definition) is 1. The third-order valence-electron chi connectivity index (χ3n) is 4.05. The summed E-state index contributed by atoms with van der Waals surface area (Å²) in [7, 11) is 1.58. The molecule has 106 valence electrons. The molecular weight excluding hydrogens is 245 g/mol. The zero-order valence-corrected chi connectivity index (χ0v) is 12.0. The molecule has 0 aromatic heterocycles. The Morgan fingerprint density at radius 2 is 2.16 bits per heavy atom. The lowest BCUT2D eigenvalue weighted by atomic mass is 9.64. The maximum atomic E-state index is 13.8. The Labute approximate surface area is 114 Å². The van der Waals surface area contributed by atoms with E-state index in [9.17, 15) is 4.39 Å². The van der Waals surface area contributed by atoms with Gasteiger partial charge in [-0.3, -0.25) is 0 Å². The summed E-state index contributed by atoms with van der Waals surface area (Å²) in [5.74, 6) is 0.402. The molecule has 1 aliphatic carbocycles. The monoisotopic (exact) mass is 267 g/mol. The molecular formula is C15H22FNO2. The number of ether oxygens (including phenoxy) is 2. The molecule has 1 aromatic carbocycles.